The average molecular weight is 519 g/mol. The van der Waals surface area contributed by atoms with Crippen molar-refractivity contribution >= 4 is 50.8 Å². The van der Waals surface area contributed by atoms with Crippen LogP contribution in [0.4, 0.5) is 0 Å². The summed E-state index contributed by atoms with van der Waals surface area (Å²) in [7, 11) is 3.16. The molecule has 0 fully saturated rings. The van der Waals surface area contributed by atoms with Crippen LogP contribution in [-0.4, -0.2) is 14.2 Å². The Morgan fingerprint density at radius 2 is 1.77 bits per heavy atom. The Hall–Kier alpha value is -2.65. The first-order valence-electron chi connectivity index (χ1n) is 9.15. The number of methoxy groups -OCH3 is 2. The molecule has 0 atom stereocenters. The van der Waals surface area contributed by atoms with Crippen LogP contribution in [0.5, 0.6) is 17.2 Å². The second-order valence-corrected chi connectivity index (χ2v) is 8.15. The summed E-state index contributed by atoms with van der Waals surface area (Å²) in [6.45, 7) is 0.245. The Morgan fingerprint density at radius 1 is 1.03 bits per heavy atom. The fraction of sp³-hybridized carbons (Fsp3) is 0.125. The van der Waals surface area contributed by atoms with Gasteiger partial charge in [0.25, 0.3) is 0 Å². The molecule has 4 nitrogen and oxygen atoms in total. The molecule has 31 heavy (non-hydrogen) atoms. The van der Waals surface area contributed by atoms with Crippen molar-refractivity contribution in [2.75, 3.05) is 14.2 Å². The van der Waals surface area contributed by atoms with Crippen LogP contribution in [0.2, 0.25) is 10.0 Å². The molecule has 0 amide bonds. The summed E-state index contributed by atoms with van der Waals surface area (Å²) in [6, 6.07) is 18.5. The Morgan fingerprint density at radius 3 is 2.39 bits per heavy atom. The molecule has 3 aromatic carbocycles. The van der Waals surface area contributed by atoms with Crippen molar-refractivity contribution < 1.29 is 14.2 Å². The van der Waals surface area contributed by atoms with Gasteiger partial charge in [0.05, 0.1) is 30.3 Å². The highest BCUT2D eigenvalue weighted by molar-refractivity contribution is 9.10. The lowest BCUT2D eigenvalue weighted by Gasteiger charge is -2.14. The first kappa shape index (κ1) is 23.0. The summed E-state index contributed by atoms with van der Waals surface area (Å²) in [5, 5.41) is 10.7. The molecule has 0 aromatic heterocycles. The van der Waals surface area contributed by atoms with E-state index in [1.165, 1.54) is 0 Å². The lowest BCUT2D eigenvalue weighted by molar-refractivity contribution is 0.282. The molecule has 0 N–H and O–H groups in total. The van der Waals surface area contributed by atoms with Crippen LogP contribution >= 0.6 is 39.1 Å². The highest BCUT2D eigenvalue weighted by Gasteiger charge is 2.13. The minimum Gasteiger partial charge on any atom is -0.497 e. The lowest BCUT2D eigenvalue weighted by atomic mass is 10.0. The van der Waals surface area contributed by atoms with Gasteiger partial charge in [0.15, 0.2) is 11.5 Å². The van der Waals surface area contributed by atoms with Gasteiger partial charge >= 0.3 is 0 Å². The second-order valence-electron chi connectivity index (χ2n) is 6.46. The van der Waals surface area contributed by atoms with E-state index in [2.05, 4.69) is 22.0 Å². The van der Waals surface area contributed by atoms with Crippen LogP contribution in [0.15, 0.2) is 59.1 Å². The van der Waals surface area contributed by atoms with Gasteiger partial charge in [-0.25, -0.2) is 0 Å². The maximum atomic E-state index is 9.63. The van der Waals surface area contributed by atoms with E-state index in [4.69, 9.17) is 37.4 Å². The molecule has 3 aromatic rings. The summed E-state index contributed by atoms with van der Waals surface area (Å²) in [6.07, 6.45) is 1.79. The van der Waals surface area contributed by atoms with Gasteiger partial charge in [-0.2, -0.15) is 5.26 Å². The van der Waals surface area contributed by atoms with E-state index in [1.807, 2.05) is 42.5 Å². The number of hydrogen-bond donors (Lipinski definition) is 0. The number of nitriles is 1. The first-order chi connectivity index (χ1) is 14.9. The molecule has 0 unspecified atom stereocenters. The zero-order chi connectivity index (χ0) is 22.4. The van der Waals surface area contributed by atoms with Gasteiger partial charge in [0, 0.05) is 15.6 Å². The van der Waals surface area contributed by atoms with Gasteiger partial charge in [-0.3, -0.25) is 0 Å². The largest absolute Gasteiger partial charge is 0.497 e. The SMILES string of the molecule is COc1ccc(/C(C#N)=C/c2cc(Br)c(OCc3ccc(Cl)cc3Cl)c(OC)c2)cc1. The number of hydrogen-bond acceptors (Lipinski definition) is 4. The number of benzene rings is 3. The van der Waals surface area contributed by atoms with Crippen LogP contribution in [0.25, 0.3) is 11.6 Å². The molecule has 0 aliphatic carbocycles. The molecular weight excluding hydrogens is 501 g/mol. The molecule has 0 saturated carbocycles. The number of nitrogens with zero attached hydrogens (tertiary/aromatic N) is 1. The molecule has 0 bridgehead atoms. The van der Waals surface area contributed by atoms with E-state index >= 15 is 0 Å². The van der Waals surface area contributed by atoms with Crippen molar-refractivity contribution in [1.29, 1.82) is 5.26 Å². The first-order valence-corrected chi connectivity index (χ1v) is 10.7. The normalized spacial score (nSPS) is 11.0. The van der Waals surface area contributed by atoms with Crippen LogP contribution in [0.3, 0.4) is 0 Å². The lowest BCUT2D eigenvalue weighted by Crippen LogP contribution is -2.00. The van der Waals surface area contributed by atoms with Crippen LogP contribution in [0.1, 0.15) is 16.7 Å². The quantitative estimate of drug-likeness (QED) is 0.241. The molecule has 7 heteroatoms. The van der Waals surface area contributed by atoms with Crippen LogP contribution in [0, 0.1) is 11.3 Å². The third-order valence-corrected chi connectivity index (χ3v) is 5.65. The Kier molecular flexibility index (Phi) is 7.86. The fourth-order valence-electron chi connectivity index (χ4n) is 2.87. The summed E-state index contributed by atoms with van der Waals surface area (Å²) < 4.78 is 17.3. The van der Waals surface area contributed by atoms with E-state index in [0.29, 0.717) is 31.6 Å². The van der Waals surface area contributed by atoms with Gasteiger partial charge in [-0.05, 0) is 81.7 Å². The minimum absolute atomic E-state index is 0.245. The maximum Gasteiger partial charge on any atom is 0.175 e. The molecule has 0 heterocycles. The van der Waals surface area contributed by atoms with Crippen LogP contribution < -0.4 is 14.2 Å². The zero-order valence-electron chi connectivity index (χ0n) is 16.8. The van der Waals surface area contributed by atoms with E-state index in [-0.39, 0.29) is 6.61 Å². The predicted octanol–water partition coefficient (Wildman–Crippen LogP) is 7.42. The number of ether oxygens (including phenoxy) is 3. The summed E-state index contributed by atoms with van der Waals surface area (Å²) >= 11 is 15.7. The molecule has 3 rings (SSSR count). The molecule has 0 radical (unpaired) electrons. The van der Waals surface area contributed by atoms with Gasteiger partial charge < -0.3 is 14.2 Å². The van der Waals surface area contributed by atoms with Gasteiger partial charge in [-0.1, -0.05) is 29.3 Å². The van der Waals surface area contributed by atoms with E-state index < -0.39 is 0 Å². The minimum atomic E-state index is 0.245. The van der Waals surface area contributed by atoms with Crippen LogP contribution in [-0.2, 0) is 6.61 Å². The summed E-state index contributed by atoms with van der Waals surface area (Å²) in [4.78, 5) is 0. The van der Waals surface area contributed by atoms with Crippen molar-refractivity contribution in [3.8, 4) is 23.3 Å². The fourth-order valence-corrected chi connectivity index (χ4v) is 3.91. The highest BCUT2D eigenvalue weighted by Crippen LogP contribution is 2.38. The van der Waals surface area contributed by atoms with Crippen molar-refractivity contribution in [3.05, 3.63) is 85.8 Å². The Balaban J connectivity index is 1.88. The Labute approximate surface area is 199 Å². The third-order valence-electron chi connectivity index (χ3n) is 4.47. The predicted molar refractivity (Wildman–Crippen MR) is 128 cm³/mol. The number of halogens is 3. The summed E-state index contributed by atoms with van der Waals surface area (Å²) in [5.41, 5.74) is 2.89. The third kappa shape index (κ3) is 5.74. The maximum absolute atomic E-state index is 9.63. The topological polar surface area (TPSA) is 51.5 Å². The van der Waals surface area contributed by atoms with Crippen molar-refractivity contribution in [3.63, 3.8) is 0 Å². The highest BCUT2D eigenvalue weighted by atomic mass is 79.9. The average Bonchev–Trinajstić information content (AvgIpc) is 2.77. The molecule has 0 aliphatic rings. The van der Waals surface area contributed by atoms with Crippen molar-refractivity contribution in [1.82, 2.24) is 0 Å². The Bertz CT molecular complexity index is 1150. The van der Waals surface area contributed by atoms with Gasteiger partial charge in [0.2, 0.25) is 0 Å². The smallest absolute Gasteiger partial charge is 0.175 e. The molecule has 0 aliphatic heterocycles. The van der Waals surface area contributed by atoms with Gasteiger partial charge in [-0.15, -0.1) is 0 Å². The molecule has 0 spiro atoms. The molecular formula is C24H18BrCl2NO3. The second kappa shape index (κ2) is 10.6. The van der Waals surface area contributed by atoms with Crippen molar-refractivity contribution in [2.45, 2.75) is 6.61 Å². The monoisotopic (exact) mass is 517 g/mol. The van der Waals surface area contributed by atoms with Gasteiger partial charge in [0.1, 0.15) is 12.4 Å². The van der Waals surface area contributed by atoms with E-state index in [1.54, 1.807) is 32.4 Å². The number of allylic oxidation sites excluding steroid dienone is 1. The zero-order valence-corrected chi connectivity index (χ0v) is 19.9. The summed E-state index contributed by atoms with van der Waals surface area (Å²) in [5.74, 6) is 1.79. The standard InChI is InChI=1S/C24H18BrCl2NO3/c1-29-20-7-4-16(5-8-20)18(13-28)9-15-10-21(25)24(23(11-15)30-2)31-14-17-3-6-19(26)12-22(17)27/h3-12H,14H2,1-2H3/b18-9+. The number of rotatable bonds is 7. The van der Waals surface area contributed by atoms with E-state index in [9.17, 15) is 5.26 Å². The van der Waals surface area contributed by atoms with E-state index in [0.717, 1.165) is 22.4 Å². The molecule has 158 valence electrons. The molecule has 0 saturated heterocycles. The van der Waals surface area contributed by atoms with Crippen molar-refractivity contribution in [2.24, 2.45) is 0 Å².